The highest BCUT2D eigenvalue weighted by Gasteiger charge is 2.12. The zero-order chi connectivity index (χ0) is 18.1. The third-order valence-electron chi connectivity index (χ3n) is 3.71. The van der Waals surface area contributed by atoms with Crippen molar-refractivity contribution in [2.45, 2.75) is 0 Å². The van der Waals surface area contributed by atoms with E-state index in [4.69, 9.17) is 23.2 Å². The first kappa shape index (κ1) is 16.5. The van der Waals surface area contributed by atoms with Crippen molar-refractivity contribution < 1.29 is 0 Å². The average Bonchev–Trinajstić information content (AvgIpc) is 2.61. The molecule has 2 N–H and O–H groups in total. The van der Waals surface area contributed by atoms with Crippen LogP contribution in [0.15, 0.2) is 59.8 Å². The van der Waals surface area contributed by atoms with E-state index in [1.807, 2.05) is 12.1 Å². The molecule has 0 aliphatic rings. The highest BCUT2D eigenvalue weighted by atomic mass is 35.5. The predicted octanol–water partition coefficient (Wildman–Crippen LogP) is 4.43. The molecule has 0 saturated carbocycles. The first-order valence-electron chi connectivity index (χ1n) is 7.63. The number of H-pyrrole nitrogens is 1. The van der Waals surface area contributed by atoms with Gasteiger partial charge in [0.05, 0.1) is 5.39 Å². The van der Waals surface area contributed by atoms with Gasteiger partial charge in [-0.25, -0.2) is 4.98 Å². The molecule has 26 heavy (non-hydrogen) atoms. The third kappa shape index (κ3) is 3.24. The van der Waals surface area contributed by atoms with Crippen LogP contribution in [0.4, 0.5) is 11.6 Å². The molecular formula is C18H11Cl2N5O. The maximum Gasteiger partial charge on any atom is 0.262 e. The first-order chi connectivity index (χ1) is 12.6. The summed E-state index contributed by atoms with van der Waals surface area (Å²) in [6.07, 6.45) is 4.97. The van der Waals surface area contributed by atoms with E-state index in [1.54, 1.807) is 42.9 Å². The van der Waals surface area contributed by atoms with Gasteiger partial charge in [-0.2, -0.15) is 4.98 Å². The molecule has 1 aromatic carbocycles. The highest BCUT2D eigenvalue weighted by Crippen LogP contribution is 2.26. The van der Waals surface area contributed by atoms with Gasteiger partial charge in [0.15, 0.2) is 5.65 Å². The van der Waals surface area contributed by atoms with Crippen molar-refractivity contribution in [1.29, 1.82) is 0 Å². The molecule has 0 unspecified atom stereocenters. The number of pyridine rings is 2. The Bertz CT molecular complexity index is 1140. The summed E-state index contributed by atoms with van der Waals surface area (Å²) >= 11 is 12.0. The van der Waals surface area contributed by atoms with Gasteiger partial charge in [0.1, 0.15) is 0 Å². The SMILES string of the molecule is O=c1[nH]c(Nc2cc(Cl)cc(Cl)c2)nc2nccc(-c3cccnc3)c12. The molecule has 128 valence electrons. The van der Waals surface area contributed by atoms with Crippen LogP contribution in [0, 0.1) is 0 Å². The van der Waals surface area contributed by atoms with Crippen LogP contribution in [0.3, 0.4) is 0 Å². The maximum atomic E-state index is 12.7. The Morgan fingerprint density at radius 2 is 1.85 bits per heavy atom. The lowest BCUT2D eigenvalue weighted by Gasteiger charge is -2.09. The van der Waals surface area contributed by atoms with Crippen LogP contribution < -0.4 is 10.9 Å². The van der Waals surface area contributed by atoms with Gasteiger partial charge in [0, 0.05) is 45.5 Å². The van der Waals surface area contributed by atoms with Crippen LogP contribution in [-0.2, 0) is 0 Å². The van der Waals surface area contributed by atoms with Gasteiger partial charge < -0.3 is 5.32 Å². The van der Waals surface area contributed by atoms with E-state index >= 15 is 0 Å². The molecule has 3 heterocycles. The second-order valence-corrected chi connectivity index (χ2v) is 6.37. The number of aromatic nitrogens is 4. The number of halogens is 2. The molecule has 0 bridgehead atoms. The number of hydrogen-bond acceptors (Lipinski definition) is 5. The highest BCUT2D eigenvalue weighted by molar-refractivity contribution is 6.35. The van der Waals surface area contributed by atoms with Crippen LogP contribution >= 0.6 is 23.2 Å². The van der Waals surface area contributed by atoms with Crippen LogP contribution in [0.2, 0.25) is 10.0 Å². The lowest BCUT2D eigenvalue weighted by molar-refractivity contribution is 1.14. The van der Waals surface area contributed by atoms with Crippen LogP contribution in [0.5, 0.6) is 0 Å². The van der Waals surface area contributed by atoms with Gasteiger partial charge in [0.25, 0.3) is 5.56 Å². The van der Waals surface area contributed by atoms with Crippen LogP contribution in [-0.4, -0.2) is 19.9 Å². The molecule has 0 atom stereocenters. The fourth-order valence-electron chi connectivity index (χ4n) is 2.65. The zero-order valence-electron chi connectivity index (χ0n) is 13.2. The fraction of sp³-hybridized carbons (Fsp3) is 0. The molecule has 3 aromatic heterocycles. The predicted molar refractivity (Wildman–Crippen MR) is 103 cm³/mol. The van der Waals surface area contributed by atoms with E-state index in [-0.39, 0.29) is 11.5 Å². The molecule has 0 amide bonds. The minimum absolute atomic E-state index is 0.247. The fourth-order valence-corrected chi connectivity index (χ4v) is 3.17. The maximum absolute atomic E-state index is 12.7. The third-order valence-corrected chi connectivity index (χ3v) is 4.14. The Kier molecular flexibility index (Phi) is 4.28. The van der Waals surface area contributed by atoms with E-state index in [2.05, 4.69) is 25.3 Å². The Labute approximate surface area is 157 Å². The number of aromatic amines is 1. The number of hydrogen-bond donors (Lipinski definition) is 2. The average molecular weight is 384 g/mol. The molecule has 0 aliphatic carbocycles. The standard InChI is InChI=1S/C18H11Cl2N5O/c19-11-6-12(20)8-13(7-11)23-18-24-16-15(17(26)25-18)14(3-5-22-16)10-2-1-4-21-9-10/h1-9H,(H2,22,23,24,25,26). The zero-order valence-corrected chi connectivity index (χ0v) is 14.7. The number of benzene rings is 1. The second kappa shape index (κ2) is 6.74. The summed E-state index contributed by atoms with van der Waals surface area (Å²) in [5, 5.41) is 4.33. The van der Waals surface area contributed by atoms with Crippen molar-refractivity contribution in [1.82, 2.24) is 19.9 Å². The summed E-state index contributed by atoms with van der Waals surface area (Å²) in [4.78, 5) is 28.1. The molecule has 6 nitrogen and oxygen atoms in total. The van der Waals surface area contributed by atoms with E-state index in [9.17, 15) is 4.79 Å². The quantitative estimate of drug-likeness (QED) is 0.546. The van der Waals surface area contributed by atoms with Gasteiger partial charge in [-0.05, 0) is 30.3 Å². The molecule has 4 aromatic rings. The number of fused-ring (bicyclic) bond motifs is 1. The minimum atomic E-state index is -0.308. The van der Waals surface area contributed by atoms with E-state index < -0.39 is 0 Å². The molecule has 0 aliphatic heterocycles. The number of rotatable bonds is 3. The summed E-state index contributed by atoms with van der Waals surface area (Å²) in [6.45, 7) is 0. The molecule has 4 rings (SSSR count). The largest absolute Gasteiger partial charge is 0.326 e. The summed E-state index contributed by atoms with van der Waals surface area (Å²) in [5.74, 6) is 0.247. The summed E-state index contributed by atoms with van der Waals surface area (Å²) in [6, 6.07) is 10.4. The van der Waals surface area contributed by atoms with Crippen molar-refractivity contribution in [3.05, 3.63) is 75.4 Å². The summed E-state index contributed by atoms with van der Waals surface area (Å²) in [7, 11) is 0. The van der Waals surface area contributed by atoms with E-state index in [0.717, 1.165) is 5.56 Å². The van der Waals surface area contributed by atoms with Gasteiger partial charge in [0.2, 0.25) is 5.95 Å². The van der Waals surface area contributed by atoms with E-state index in [1.165, 1.54) is 0 Å². The molecule has 0 spiro atoms. The van der Waals surface area contributed by atoms with Gasteiger partial charge >= 0.3 is 0 Å². The Morgan fingerprint density at radius 3 is 2.58 bits per heavy atom. The summed E-state index contributed by atoms with van der Waals surface area (Å²) < 4.78 is 0. The van der Waals surface area contributed by atoms with Crippen molar-refractivity contribution >= 4 is 45.9 Å². The minimum Gasteiger partial charge on any atom is -0.326 e. The molecule has 0 fully saturated rings. The van der Waals surface area contributed by atoms with Crippen LogP contribution in [0.1, 0.15) is 0 Å². The monoisotopic (exact) mass is 383 g/mol. The molecule has 0 saturated heterocycles. The Hall–Kier alpha value is -2.96. The molecular weight excluding hydrogens is 373 g/mol. The second-order valence-electron chi connectivity index (χ2n) is 5.50. The molecule has 0 radical (unpaired) electrons. The van der Waals surface area contributed by atoms with Gasteiger partial charge in [-0.15, -0.1) is 0 Å². The van der Waals surface area contributed by atoms with Gasteiger partial charge in [-0.3, -0.25) is 14.8 Å². The summed E-state index contributed by atoms with van der Waals surface area (Å²) in [5.41, 5.74) is 2.15. The van der Waals surface area contributed by atoms with Crippen LogP contribution in [0.25, 0.3) is 22.2 Å². The lowest BCUT2D eigenvalue weighted by atomic mass is 10.1. The smallest absolute Gasteiger partial charge is 0.262 e. The number of nitrogens with zero attached hydrogens (tertiary/aromatic N) is 3. The van der Waals surface area contributed by atoms with Crippen molar-refractivity contribution in [3.8, 4) is 11.1 Å². The Balaban J connectivity index is 1.82. The lowest BCUT2D eigenvalue weighted by Crippen LogP contribution is -2.13. The Morgan fingerprint density at radius 1 is 1.04 bits per heavy atom. The number of nitrogens with one attached hydrogen (secondary N) is 2. The van der Waals surface area contributed by atoms with Crippen molar-refractivity contribution in [2.24, 2.45) is 0 Å². The first-order valence-corrected chi connectivity index (χ1v) is 8.38. The molecule has 8 heteroatoms. The van der Waals surface area contributed by atoms with Crippen molar-refractivity contribution in [3.63, 3.8) is 0 Å². The van der Waals surface area contributed by atoms with Crippen molar-refractivity contribution in [2.75, 3.05) is 5.32 Å². The van der Waals surface area contributed by atoms with Gasteiger partial charge in [-0.1, -0.05) is 29.3 Å². The van der Waals surface area contributed by atoms with E-state index in [0.29, 0.717) is 32.3 Å². The topological polar surface area (TPSA) is 83.6 Å². The normalized spacial score (nSPS) is 10.8. The number of anilines is 2.